The summed E-state index contributed by atoms with van der Waals surface area (Å²) in [5, 5.41) is 13.5. The van der Waals surface area contributed by atoms with Crippen molar-refractivity contribution in [2.24, 2.45) is 0 Å². The third-order valence-corrected chi connectivity index (χ3v) is 7.65. The Balaban J connectivity index is 1.36. The molecule has 1 amide bonds. The molecule has 3 aromatic rings. The molecule has 2 aromatic heterocycles. The van der Waals surface area contributed by atoms with Crippen LogP contribution in [-0.2, 0) is 0 Å². The first kappa shape index (κ1) is 29.1. The van der Waals surface area contributed by atoms with E-state index >= 15 is 0 Å². The van der Waals surface area contributed by atoms with Crippen molar-refractivity contribution in [2.75, 3.05) is 55.4 Å². The average molecular weight is 574 g/mol. The number of nitrogens with zero attached hydrogens (tertiary/aromatic N) is 6. The number of nitrogens with one attached hydrogen (secondary N) is 3. The van der Waals surface area contributed by atoms with E-state index in [0.29, 0.717) is 11.9 Å². The number of benzene rings is 1. The van der Waals surface area contributed by atoms with E-state index in [9.17, 15) is 9.59 Å². The van der Waals surface area contributed by atoms with Crippen molar-refractivity contribution in [3.8, 4) is 5.75 Å². The molecule has 1 aromatic carbocycles. The monoisotopic (exact) mass is 573 g/mol. The average Bonchev–Trinajstić information content (AvgIpc) is 2.96. The molecule has 2 aliphatic heterocycles. The van der Waals surface area contributed by atoms with Crippen molar-refractivity contribution in [1.29, 1.82) is 0 Å². The van der Waals surface area contributed by atoms with Gasteiger partial charge < -0.3 is 30.5 Å². The molecule has 5 rings (SSSR count). The molecule has 12 heteroatoms. The number of amides is 1. The van der Waals surface area contributed by atoms with Crippen LogP contribution in [0.15, 0.2) is 54.0 Å². The van der Waals surface area contributed by atoms with E-state index < -0.39 is 0 Å². The lowest BCUT2D eigenvalue weighted by molar-refractivity contribution is 0.0958. The van der Waals surface area contributed by atoms with Crippen LogP contribution in [0.5, 0.6) is 5.75 Å². The summed E-state index contributed by atoms with van der Waals surface area (Å²) < 4.78 is 7.13. The highest BCUT2D eigenvalue weighted by Crippen LogP contribution is 2.35. The molecule has 222 valence electrons. The predicted octanol–water partition coefficient (Wildman–Crippen LogP) is 3.70. The standard InChI is InChI=1S/C30H39N9O3/c1-5-13-31-29(41)23-19-32-30(35-28(23)34-26-9-10-27(40)39(36-26)20(2)3)33-21-7-8-24(25(18-21)42-4)38-16-11-22(12-17-38)37-14-6-15-37/h5,7-10,18-20,22H,1,6,11-17H2,2-4H3,(H,31,41)(H2,32,33,34,35,36). The number of methoxy groups -OCH3 is 1. The summed E-state index contributed by atoms with van der Waals surface area (Å²) in [5.41, 5.74) is 1.81. The van der Waals surface area contributed by atoms with Gasteiger partial charge in [-0.05, 0) is 64.4 Å². The Morgan fingerprint density at radius 3 is 2.60 bits per heavy atom. The van der Waals surface area contributed by atoms with Crippen LogP contribution in [0, 0.1) is 0 Å². The van der Waals surface area contributed by atoms with E-state index in [1.807, 2.05) is 26.0 Å². The smallest absolute Gasteiger partial charge is 0.267 e. The number of carbonyl (C=O) groups is 1. The summed E-state index contributed by atoms with van der Waals surface area (Å²) in [5.74, 6) is 1.28. The summed E-state index contributed by atoms with van der Waals surface area (Å²) in [4.78, 5) is 39.0. The van der Waals surface area contributed by atoms with E-state index in [0.717, 1.165) is 43.1 Å². The molecular formula is C30H39N9O3. The first-order valence-corrected chi connectivity index (χ1v) is 14.4. The molecule has 0 unspecified atom stereocenters. The van der Waals surface area contributed by atoms with Gasteiger partial charge in [-0.15, -0.1) is 6.58 Å². The highest BCUT2D eigenvalue weighted by Gasteiger charge is 2.28. The molecule has 3 N–H and O–H groups in total. The van der Waals surface area contributed by atoms with Gasteiger partial charge in [0.1, 0.15) is 17.1 Å². The molecule has 12 nitrogen and oxygen atoms in total. The minimum Gasteiger partial charge on any atom is -0.495 e. The lowest BCUT2D eigenvalue weighted by Gasteiger charge is -2.43. The Kier molecular flexibility index (Phi) is 9.01. The predicted molar refractivity (Wildman–Crippen MR) is 164 cm³/mol. The molecule has 0 saturated carbocycles. The topological polar surface area (TPSA) is 130 Å². The molecule has 0 aliphatic carbocycles. The number of carbonyl (C=O) groups excluding carboxylic acids is 1. The van der Waals surface area contributed by atoms with Crippen LogP contribution >= 0.6 is 0 Å². The lowest BCUT2D eigenvalue weighted by Crippen LogP contribution is -2.50. The van der Waals surface area contributed by atoms with Gasteiger partial charge in [0.05, 0.1) is 18.8 Å². The van der Waals surface area contributed by atoms with Crippen LogP contribution < -0.4 is 31.1 Å². The summed E-state index contributed by atoms with van der Waals surface area (Å²) in [6.07, 6.45) is 6.67. The lowest BCUT2D eigenvalue weighted by atomic mass is 9.99. The Bertz CT molecular complexity index is 1480. The highest BCUT2D eigenvalue weighted by atomic mass is 16.5. The molecule has 2 aliphatic rings. The normalized spacial score (nSPS) is 15.7. The fraction of sp³-hybridized carbons (Fsp3) is 0.433. The van der Waals surface area contributed by atoms with Crippen molar-refractivity contribution >= 4 is 34.9 Å². The summed E-state index contributed by atoms with van der Waals surface area (Å²) in [6.45, 7) is 12.1. The molecule has 0 spiro atoms. The van der Waals surface area contributed by atoms with E-state index in [-0.39, 0.29) is 41.4 Å². The molecule has 42 heavy (non-hydrogen) atoms. The SMILES string of the molecule is C=CCNC(=O)c1cnc(Nc2ccc(N3CCC(N4CCC4)CC3)c(OC)c2)nc1Nc1ccc(=O)n(C(C)C)n1. The summed E-state index contributed by atoms with van der Waals surface area (Å²) in [7, 11) is 1.67. The number of ether oxygens (including phenoxy) is 1. The van der Waals surface area contributed by atoms with Gasteiger partial charge >= 0.3 is 0 Å². The first-order chi connectivity index (χ1) is 20.4. The van der Waals surface area contributed by atoms with Crippen molar-refractivity contribution in [3.63, 3.8) is 0 Å². The summed E-state index contributed by atoms with van der Waals surface area (Å²) >= 11 is 0. The minimum atomic E-state index is -0.370. The van der Waals surface area contributed by atoms with Crippen LogP contribution in [0.2, 0.25) is 0 Å². The second kappa shape index (κ2) is 13.0. The molecule has 2 saturated heterocycles. The van der Waals surface area contributed by atoms with Crippen LogP contribution in [-0.4, -0.2) is 76.4 Å². The molecule has 4 heterocycles. The van der Waals surface area contributed by atoms with Crippen LogP contribution in [0.25, 0.3) is 0 Å². The fourth-order valence-corrected chi connectivity index (χ4v) is 5.27. The van der Waals surface area contributed by atoms with Crippen LogP contribution in [0.3, 0.4) is 0 Å². The van der Waals surface area contributed by atoms with Crippen LogP contribution in [0.4, 0.5) is 29.0 Å². The molecule has 0 bridgehead atoms. The van der Waals surface area contributed by atoms with Gasteiger partial charge in [-0.2, -0.15) is 10.1 Å². The molecule has 2 fully saturated rings. The Morgan fingerprint density at radius 2 is 1.93 bits per heavy atom. The van der Waals surface area contributed by atoms with E-state index in [2.05, 4.69) is 53.5 Å². The largest absolute Gasteiger partial charge is 0.495 e. The zero-order valence-electron chi connectivity index (χ0n) is 24.5. The third kappa shape index (κ3) is 6.54. The summed E-state index contributed by atoms with van der Waals surface area (Å²) in [6, 6.07) is 9.49. The zero-order chi connectivity index (χ0) is 29.6. The first-order valence-electron chi connectivity index (χ1n) is 14.4. The third-order valence-electron chi connectivity index (χ3n) is 7.65. The number of hydrogen-bond donors (Lipinski definition) is 3. The number of likely N-dealkylation sites (tertiary alicyclic amines) is 1. The fourth-order valence-electron chi connectivity index (χ4n) is 5.27. The Hall–Kier alpha value is -4.45. The van der Waals surface area contributed by atoms with Gasteiger partial charge in [0.25, 0.3) is 11.5 Å². The number of piperidine rings is 1. The quantitative estimate of drug-likeness (QED) is 0.292. The maximum atomic E-state index is 12.9. The second-order valence-electron chi connectivity index (χ2n) is 10.8. The molecule has 0 radical (unpaired) electrons. The number of rotatable bonds is 11. The Morgan fingerprint density at radius 1 is 1.14 bits per heavy atom. The minimum absolute atomic E-state index is 0.137. The van der Waals surface area contributed by atoms with Crippen molar-refractivity contribution in [2.45, 2.75) is 45.2 Å². The van der Waals surface area contributed by atoms with Gasteiger partial charge in [-0.3, -0.25) is 9.59 Å². The number of aromatic nitrogens is 4. The van der Waals surface area contributed by atoms with Crippen LogP contribution in [0.1, 0.15) is 49.5 Å². The van der Waals surface area contributed by atoms with Gasteiger partial charge in [-0.1, -0.05) is 6.08 Å². The van der Waals surface area contributed by atoms with Gasteiger partial charge in [0, 0.05) is 49.7 Å². The molecular weight excluding hydrogens is 534 g/mol. The molecule has 0 atom stereocenters. The van der Waals surface area contributed by atoms with Crippen molar-refractivity contribution in [1.82, 2.24) is 30.0 Å². The Labute approximate surface area is 245 Å². The zero-order valence-corrected chi connectivity index (χ0v) is 24.5. The van der Waals surface area contributed by atoms with Crippen molar-refractivity contribution < 1.29 is 9.53 Å². The van der Waals surface area contributed by atoms with E-state index in [4.69, 9.17) is 4.74 Å². The highest BCUT2D eigenvalue weighted by molar-refractivity contribution is 5.99. The maximum absolute atomic E-state index is 12.9. The van der Waals surface area contributed by atoms with Crippen molar-refractivity contribution in [3.05, 3.63) is 65.1 Å². The van der Waals surface area contributed by atoms with E-state index in [1.54, 1.807) is 19.3 Å². The second-order valence-corrected chi connectivity index (χ2v) is 10.8. The van der Waals surface area contributed by atoms with E-state index in [1.165, 1.54) is 36.5 Å². The van der Waals surface area contributed by atoms with Gasteiger partial charge in [-0.25, -0.2) is 9.67 Å². The maximum Gasteiger partial charge on any atom is 0.267 e. The van der Waals surface area contributed by atoms with Gasteiger partial charge in [0.15, 0.2) is 5.82 Å². The number of anilines is 5. The number of hydrogen-bond acceptors (Lipinski definition) is 10. The van der Waals surface area contributed by atoms with Gasteiger partial charge in [0.2, 0.25) is 5.95 Å².